The van der Waals surface area contributed by atoms with Crippen molar-refractivity contribution in [2.75, 3.05) is 12.0 Å². The molecule has 0 radical (unpaired) electrons. The van der Waals surface area contributed by atoms with Crippen LogP contribution in [0.4, 0.5) is 5.69 Å². The average molecular weight is 346 g/mol. The molecule has 2 rings (SSSR count). The topological polar surface area (TPSA) is 84.0 Å². The molecule has 1 saturated heterocycles. The lowest BCUT2D eigenvalue weighted by atomic mass is 10.0. The molecular formula is C18H22N2O5. The van der Waals surface area contributed by atoms with Crippen LogP contribution in [-0.2, 0) is 19.1 Å². The Morgan fingerprint density at radius 3 is 2.16 bits per heavy atom. The van der Waals surface area contributed by atoms with Gasteiger partial charge in [0, 0.05) is 12.5 Å². The maximum atomic E-state index is 12.8. The Morgan fingerprint density at radius 1 is 1.16 bits per heavy atom. The molecule has 25 heavy (non-hydrogen) atoms. The molecule has 1 aromatic carbocycles. The van der Waals surface area contributed by atoms with Crippen molar-refractivity contribution in [2.24, 2.45) is 0 Å². The lowest BCUT2D eigenvalue weighted by Gasteiger charge is -2.38. The summed E-state index contributed by atoms with van der Waals surface area (Å²) in [4.78, 5) is 51.2. The van der Waals surface area contributed by atoms with Gasteiger partial charge in [0.2, 0.25) is 11.8 Å². The Hall–Kier alpha value is -2.70. The Morgan fingerprint density at radius 2 is 1.72 bits per heavy atom. The summed E-state index contributed by atoms with van der Waals surface area (Å²) in [6, 6.07) is 5.17. The van der Waals surface area contributed by atoms with Gasteiger partial charge in [-0.1, -0.05) is 0 Å². The van der Waals surface area contributed by atoms with Gasteiger partial charge in [-0.3, -0.25) is 14.4 Å². The van der Waals surface area contributed by atoms with Crippen LogP contribution in [0.1, 0.15) is 44.5 Å². The highest BCUT2D eigenvalue weighted by molar-refractivity contribution is 6.23. The molecular weight excluding hydrogens is 324 g/mol. The number of rotatable bonds is 3. The summed E-state index contributed by atoms with van der Waals surface area (Å²) in [5, 5.41) is 0. The summed E-state index contributed by atoms with van der Waals surface area (Å²) in [5.41, 5.74) is 0.0986. The summed E-state index contributed by atoms with van der Waals surface area (Å²) >= 11 is 0. The minimum Gasteiger partial charge on any atom is -0.465 e. The van der Waals surface area contributed by atoms with Crippen LogP contribution < -0.4 is 4.90 Å². The Bertz CT molecular complexity index is 718. The molecule has 1 aromatic rings. The molecule has 1 heterocycles. The van der Waals surface area contributed by atoms with Gasteiger partial charge >= 0.3 is 5.97 Å². The molecule has 0 aromatic heterocycles. The minimum atomic E-state index is -0.828. The van der Waals surface area contributed by atoms with Gasteiger partial charge in [-0.2, -0.15) is 0 Å². The maximum absolute atomic E-state index is 12.8. The van der Waals surface area contributed by atoms with Crippen LogP contribution in [-0.4, -0.2) is 47.3 Å². The first-order chi connectivity index (χ1) is 11.6. The normalized spacial score (nSPS) is 17.6. The second-order valence-electron chi connectivity index (χ2n) is 6.89. The van der Waals surface area contributed by atoms with E-state index in [0.29, 0.717) is 11.3 Å². The van der Waals surface area contributed by atoms with E-state index in [2.05, 4.69) is 4.74 Å². The monoisotopic (exact) mass is 346 g/mol. The van der Waals surface area contributed by atoms with Gasteiger partial charge in [0.1, 0.15) is 6.04 Å². The van der Waals surface area contributed by atoms with Crippen molar-refractivity contribution < 1.29 is 23.9 Å². The third-order valence-corrected chi connectivity index (χ3v) is 4.04. The predicted molar refractivity (Wildman–Crippen MR) is 91.0 cm³/mol. The molecule has 7 heteroatoms. The van der Waals surface area contributed by atoms with Crippen LogP contribution in [0.5, 0.6) is 0 Å². The first kappa shape index (κ1) is 18.6. The van der Waals surface area contributed by atoms with E-state index in [0.717, 1.165) is 4.90 Å². The Balaban J connectivity index is 2.32. The molecule has 1 unspecified atom stereocenters. The van der Waals surface area contributed by atoms with Gasteiger partial charge < -0.3 is 9.64 Å². The lowest BCUT2D eigenvalue weighted by Crippen LogP contribution is -2.53. The van der Waals surface area contributed by atoms with E-state index in [-0.39, 0.29) is 18.2 Å². The molecule has 0 saturated carbocycles. The maximum Gasteiger partial charge on any atom is 0.337 e. The zero-order valence-electron chi connectivity index (χ0n) is 15.0. The molecule has 0 spiro atoms. The number of esters is 1. The largest absolute Gasteiger partial charge is 0.465 e. The Kier molecular flexibility index (Phi) is 4.97. The molecule has 3 amide bonds. The van der Waals surface area contributed by atoms with Crippen molar-refractivity contribution in [2.45, 2.75) is 45.7 Å². The van der Waals surface area contributed by atoms with E-state index in [9.17, 15) is 19.2 Å². The minimum absolute atomic E-state index is 0.0611. The number of nitrogens with zero attached hydrogens (tertiary/aromatic N) is 2. The van der Waals surface area contributed by atoms with E-state index < -0.39 is 23.5 Å². The number of hydrogen-bond donors (Lipinski definition) is 0. The summed E-state index contributed by atoms with van der Waals surface area (Å²) < 4.78 is 4.63. The number of amides is 3. The lowest BCUT2D eigenvalue weighted by molar-refractivity contribution is -0.142. The zero-order chi connectivity index (χ0) is 18.9. The molecule has 0 aliphatic carbocycles. The molecule has 1 atom stereocenters. The molecule has 0 N–H and O–H groups in total. The number of carbonyl (C=O) groups excluding carboxylic acids is 4. The molecule has 7 nitrogen and oxygen atoms in total. The van der Waals surface area contributed by atoms with Crippen molar-refractivity contribution in [3.05, 3.63) is 29.8 Å². The number of imide groups is 1. The van der Waals surface area contributed by atoms with Gasteiger partial charge in [0.05, 0.1) is 24.8 Å². The predicted octanol–water partition coefficient (Wildman–Crippen LogP) is 1.75. The van der Waals surface area contributed by atoms with Crippen molar-refractivity contribution >= 4 is 29.4 Å². The summed E-state index contributed by atoms with van der Waals surface area (Å²) in [5.74, 6) is -1.59. The summed E-state index contributed by atoms with van der Waals surface area (Å²) in [6.45, 7) is 6.84. The number of methoxy groups -OCH3 is 1. The van der Waals surface area contributed by atoms with Crippen molar-refractivity contribution in [1.29, 1.82) is 0 Å². The summed E-state index contributed by atoms with van der Waals surface area (Å²) in [7, 11) is 1.28. The third-order valence-electron chi connectivity index (χ3n) is 4.04. The highest BCUT2D eigenvalue weighted by Gasteiger charge is 2.46. The van der Waals surface area contributed by atoms with E-state index in [1.165, 1.54) is 43.2 Å². The van der Waals surface area contributed by atoms with Crippen LogP contribution in [0, 0.1) is 0 Å². The second-order valence-corrected chi connectivity index (χ2v) is 6.89. The van der Waals surface area contributed by atoms with E-state index in [1.54, 1.807) is 0 Å². The van der Waals surface area contributed by atoms with Crippen molar-refractivity contribution in [3.8, 4) is 0 Å². The number of ether oxygens (including phenoxy) is 1. The highest BCUT2D eigenvalue weighted by atomic mass is 16.5. The summed E-state index contributed by atoms with van der Waals surface area (Å²) in [6.07, 6.45) is -0.0611. The first-order valence-corrected chi connectivity index (χ1v) is 7.93. The van der Waals surface area contributed by atoms with Crippen LogP contribution in [0.3, 0.4) is 0 Å². The van der Waals surface area contributed by atoms with E-state index in [4.69, 9.17) is 0 Å². The average Bonchev–Trinajstić information content (AvgIpc) is 2.79. The SMILES string of the molecule is COC(=O)c1ccc(N2C(=O)CC(N(C(C)=O)C(C)(C)C)C2=O)cc1. The van der Waals surface area contributed by atoms with Crippen LogP contribution in [0.25, 0.3) is 0 Å². The van der Waals surface area contributed by atoms with Gasteiger partial charge in [0.15, 0.2) is 0 Å². The van der Waals surface area contributed by atoms with Crippen molar-refractivity contribution in [1.82, 2.24) is 4.90 Å². The van der Waals surface area contributed by atoms with Crippen LogP contribution in [0.2, 0.25) is 0 Å². The second kappa shape index (κ2) is 6.66. The van der Waals surface area contributed by atoms with Gasteiger partial charge in [-0.15, -0.1) is 0 Å². The quantitative estimate of drug-likeness (QED) is 0.615. The smallest absolute Gasteiger partial charge is 0.337 e. The number of carbonyl (C=O) groups is 4. The Labute approximate surface area is 146 Å². The molecule has 1 aliphatic rings. The third kappa shape index (κ3) is 3.55. The van der Waals surface area contributed by atoms with Crippen molar-refractivity contribution in [3.63, 3.8) is 0 Å². The number of hydrogen-bond acceptors (Lipinski definition) is 5. The standard InChI is InChI=1S/C18H22N2O5/c1-11(21)20(18(2,3)4)14-10-15(22)19(16(14)23)13-8-6-12(7-9-13)17(24)25-5/h6-9,14H,10H2,1-5H3. The van der Waals surface area contributed by atoms with Gasteiger partial charge in [-0.25, -0.2) is 9.69 Å². The molecule has 0 bridgehead atoms. The van der Waals surface area contributed by atoms with E-state index in [1.807, 2.05) is 20.8 Å². The van der Waals surface area contributed by atoms with Gasteiger partial charge in [0.25, 0.3) is 5.91 Å². The molecule has 1 fully saturated rings. The first-order valence-electron chi connectivity index (χ1n) is 7.93. The van der Waals surface area contributed by atoms with E-state index >= 15 is 0 Å². The molecule has 1 aliphatic heterocycles. The fourth-order valence-corrected chi connectivity index (χ4v) is 3.11. The van der Waals surface area contributed by atoms with Gasteiger partial charge in [-0.05, 0) is 45.0 Å². The molecule has 134 valence electrons. The fraction of sp³-hybridized carbons (Fsp3) is 0.444. The number of anilines is 1. The van der Waals surface area contributed by atoms with Crippen LogP contribution in [0.15, 0.2) is 24.3 Å². The highest BCUT2D eigenvalue weighted by Crippen LogP contribution is 2.29. The van der Waals surface area contributed by atoms with Crippen LogP contribution >= 0.6 is 0 Å². The zero-order valence-corrected chi connectivity index (χ0v) is 15.0. The number of benzene rings is 1. The fourth-order valence-electron chi connectivity index (χ4n) is 3.11.